The number of rotatable bonds is 4. The average molecular weight is 352 g/mol. The highest BCUT2D eigenvalue weighted by atomic mass is 16.2. The Labute approximate surface area is 156 Å². The van der Waals surface area contributed by atoms with E-state index in [1.807, 2.05) is 32.0 Å². The molecule has 138 valence electrons. The molecule has 1 aromatic carbocycles. The molecule has 2 amide bonds. The van der Waals surface area contributed by atoms with Gasteiger partial charge in [0.1, 0.15) is 5.70 Å². The number of nitrogens with zero attached hydrogens (tertiary/aromatic N) is 2. The number of carbonyl (C=O) groups is 2. The number of benzene rings is 1. The maximum absolute atomic E-state index is 13.1. The molecule has 0 bridgehead atoms. The molecule has 4 nitrogen and oxygen atoms in total. The zero-order valence-electron chi connectivity index (χ0n) is 16.2. The summed E-state index contributed by atoms with van der Waals surface area (Å²) in [5.41, 5.74) is 4.24. The van der Waals surface area contributed by atoms with E-state index in [9.17, 15) is 9.59 Å². The molecule has 26 heavy (non-hydrogen) atoms. The summed E-state index contributed by atoms with van der Waals surface area (Å²) in [4.78, 5) is 29.7. The normalized spacial score (nSPS) is 23.8. The second kappa shape index (κ2) is 7.10. The van der Waals surface area contributed by atoms with Crippen molar-refractivity contribution in [2.24, 2.45) is 11.8 Å². The predicted molar refractivity (Wildman–Crippen MR) is 104 cm³/mol. The van der Waals surface area contributed by atoms with Crippen LogP contribution in [0.5, 0.6) is 0 Å². The lowest BCUT2D eigenvalue weighted by Crippen LogP contribution is -2.41. The van der Waals surface area contributed by atoms with Crippen LogP contribution in [0.1, 0.15) is 37.0 Å². The van der Waals surface area contributed by atoms with Crippen LogP contribution in [-0.4, -0.2) is 41.2 Å². The van der Waals surface area contributed by atoms with Gasteiger partial charge in [-0.3, -0.25) is 14.5 Å². The van der Waals surface area contributed by atoms with E-state index in [1.54, 1.807) is 6.08 Å². The fourth-order valence-corrected chi connectivity index (χ4v) is 4.15. The fourth-order valence-electron chi connectivity index (χ4n) is 4.15. The second-order valence-electron chi connectivity index (χ2n) is 7.88. The highest BCUT2D eigenvalue weighted by molar-refractivity contribution is 6.35. The first-order chi connectivity index (χ1) is 12.3. The summed E-state index contributed by atoms with van der Waals surface area (Å²) in [5, 5.41) is 0. The van der Waals surface area contributed by atoms with Crippen molar-refractivity contribution in [2.45, 2.75) is 34.1 Å². The van der Waals surface area contributed by atoms with Crippen LogP contribution >= 0.6 is 0 Å². The van der Waals surface area contributed by atoms with E-state index in [1.165, 1.54) is 10.5 Å². The van der Waals surface area contributed by atoms with Gasteiger partial charge in [-0.15, -0.1) is 6.58 Å². The molecule has 2 atom stereocenters. The van der Waals surface area contributed by atoms with Crippen molar-refractivity contribution in [1.82, 2.24) is 9.80 Å². The minimum Gasteiger partial charge on any atom is -0.366 e. The van der Waals surface area contributed by atoms with Gasteiger partial charge < -0.3 is 4.90 Å². The van der Waals surface area contributed by atoms with Crippen molar-refractivity contribution in [3.8, 4) is 0 Å². The summed E-state index contributed by atoms with van der Waals surface area (Å²) in [6.45, 7) is 14.1. The lowest BCUT2D eigenvalue weighted by atomic mass is 9.90. The van der Waals surface area contributed by atoms with Crippen molar-refractivity contribution >= 4 is 17.4 Å². The summed E-state index contributed by atoms with van der Waals surface area (Å²) in [6.07, 6.45) is 2.76. The SMILES string of the molecule is C=CCN1C(=O)C(c2ccc(C)c(C)c2)=C(N2CC(C)CC(C)C2)C1=O. The Morgan fingerprint density at radius 2 is 1.73 bits per heavy atom. The van der Waals surface area contributed by atoms with E-state index < -0.39 is 0 Å². The van der Waals surface area contributed by atoms with E-state index in [2.05, 4.69) is 25.3 Å². The van der Waals surface area contributed by atoms with Crippen LogP contribution in [-0.2, 0) is 9.59 Å². The lowest BCUT2D eigenvalue weighted by Gasteiger charge is -2.37. The molecule has 0 aliphatic carbocycles. The Kier molecular flexibility index (Phi) is 5.03. The number of imide groups is 1. The first-order valence-electron chi connectivity index (χ1n) is 9.37. The van der Waals surface area contributed by atoms with Gasteiger partial charge in [-0.1, -0.05) is 38.1 Å². The van der Waals surface area contributed by atoms with Gasteiger partial charge in [-0.25, -0.2) is 0 Å². The molecular weight excluding hydrogens is 324 g/mol. The molecule has 2 aliphatic heterocycles. The van der Waals surface area contributed by atoms with E-state index in [4.69, 9.17) is 0 Å². The molecule has 0 radical (unpaired) electrons. The highest BCUT2D eigenvalue weighted by Gasteiger charge is 2.42. The minimum atomic E-state index is -0.209. The Balaban J connectivity index is 2.12. The van der Waals surface area contributed by atoms with Crippen LogP contribution in [0.3, 0.4) is 0 Å². The molecule has 0 aromatic heterocycles. The van der Waals surface area contributed by atoms with Gasteiger partial charge in [0.05, 0.1) is 5.57 Å². The largest absolute Gasteiger partial charge is 0.366 e. The van der Waals surface area contributed by atoms with E-state index in [-0.39, 0.29) is 18.4 Å². The van der Waals surface area contributed by atoms with Gasteiger partial charge in [0.25, 0.3) is 11.8 Å². The van der Waals surface area contributed by atoms with Gasteiger partial charge >= 0.3 is 0 Å². The standard InChI is InChI=1S/C22H28N2O2/c1-6-9-24-21(25)19(18-8-7-16(4)17(5)11-18)20(22(24)26)23-12-14(2)10-15(3)13-23/h6-8,11,14-15H,1,9-10,12-13H2,2-5H3. The first-order valence-corrected chi connectivity index (χ1v) is 9.37. The van der Waals surface area contributed by atoms with Gasteiger partial charge in [0.15, 0.2) is 0 Å². The monoisotopic (exact) mass is 352 g/mol. The predicted octanol–water partition coefficient (Wildman–Crippen LogP) is 3.55. The Hall–Kier alpha value is -2.36. The summed E-state index contributed by atoms with van der Waals surface area (Å²) in [5.74, 6) is 0.607. The fraction of sp³-hybridized carbons (Fsp3) is 0.455. The maximum atomic E-state index is 13.1. The van der Waals surface area contributed by atoms with Crippen molar-refractivity contribution in [3.63, 3.8) is 0 Å². The van der Waals surface area contributed by atoms with E-state index in [0.29, 0.717) is 23.1 Å². The summed E-state index contributed by atoms with van der Waals surface area (Å²) < 4.78 is 0. The quantitative estimate of drug-likeness (QED) is 0.615. The molecule has 0 N–H and O–H groups in total. The number of amides is 2. The number of likely N-dealkylation sites (tertiary alicyclic amines) is 1. The molecule has 3 rings (SSSR count). The van der Waals surface area contributed by atoms with Gasteiger partial charge in [-0.05, 0) is 48.8 Å². The minimum absolute atomic E-state index is 0.190. The number of aryl methyl sites for hydroxylation is 2. The van der Waals surface area contributed by atoms with E-state index >= 15 is 0 Å². The molecule has 1 fully saturated rings. The first kappa shape index (κ1) is 18.4. The van der Waals surface area contributed by atoms with Crippen molar-refractivity contribution < 1.29 is 9.59 Å². The van der Waals surface area contributed by atoms with Crippen LogP contribution in [0.25, 0.3) is 5.57 Å². The average Bonchev–Trinajstić information content (AvgIpc) is 2.81. The smallest absolute Gasteiger partial charge is 0.278 e. The Morgan fingerprint density at radius 1 is 1.08 bits per heavy atom. The third-order valence-corrected chi connectivity index (χ3v) is 5.44. The number of hydrogen-bond donors (Lipinski definition) is 0. The molecule has 2 heterocycles. The maximum Gasteiger partial charge on any atom is 0.278 e. The summed E-state index contributed by atoms with van der Waals surface area (Å²) in [7, 11) is 0. The Bertz CT molecular complexity index is 783. The zero-order valence-corrected chi connectivity index (χ0v) is 16.2. The number of hydrogen-bond acceptors (Lipinski definition) is 3. The second-order valence-corrected chi connectivity index (χ2v) is 7.88. The van der Waals surface area contributed by atoms with Crippen LogP contribution in [0, 0.1) is 25.7 Å². The van der Waals surface area contributed by atoms with Crippen LogP contribution < -0.4 is 0 Å². The van der Waals surface area contributed by atoms with E-state index in [0.717, 1.165) is 30.6 Å². The molecule has 2 unspecified atom stereocenters. The summed E-state index contributed by atoms with van der Waals surface area (Å²) in [6, 6.07) is 5.99. The van der Waals surface area contributed by atoms with Crippen molar-refractivity contribution in [3.05, 3.63) is 53.2 Å². The number of piperidine rings is 1. The zero-order chi connectivity index (χ0) is 19.0. The molecular formula is C22H28N2O2. The van der Waals surface area contributed by atoms with Gasteiger partial charge in [0, 0.05) is 19.6 Å². The van der Waals surface area contributed by atoms with Crippen molar-refractivity contribution in [1.29, 1.82) is 0 Å². The summed E-state index contributed by atoms with van der Waals surface area (Å²) >= 11 is 0. The molecule has 1 saturated heterocycles. The number of carbonyl (C=O) groups excluding carboxylic acids is 2. The lowest BCUT2D eigenvalue weighted by molar-refractivity contribution is -0.137. The molecule has 4 heteroatoms. The Morgan fingerprint density at radius 3 is 2.31 bits per heavy atom. The molecule has 2 aliphatic rings. The van der Waals surface area contributed by atoms with Gasteiger partial charge in [0.2, 0.25) is 0 Å². The van der Waals surface area contributed by atoms with Crippen LogP contribution in [0.2, 0.25) is 0 Å². The molecule has 0 spiro atoms. The highest BCUT2D eigenvalue weighted by Crippen LogP contribution is 2.35. The molecule has 1 aromatic rings. The third kappa shape index (κ3) is 3.20. The third-order valence-electron chi connectivity index (χ3n) is 5.44. The molecule has 0 saturated carbocycles. The van der Waals surface area contributed by atoms with Crippen LogP contribution in [0.15, 0.2) is 36.6 Å². The topological polar surface area (TPSA) is 40.6 Å². The van der Waals surface area contributed by atoms with Crippen molar-refractivity contribution in [2.75, 3.05) is 19.6 Å². The van der Waals surface area contributed by atoms with Gasteiger partial charge in [-0.2, -0.15) is 0 Å². The van der Waals surface area contributed by atoms with Crippen LogP contribution in [0.4, 0.5) is 0 Å².